The minimum absolute atomic E-state index is 0.0119. The highest BCUT2D eigenvalue weighted by molar-refractivity contribution is 7.91. The lowest BCUT2D eigenvalue weighted by Gasteiger charge is -2.25. The standard InChI is InChI=1S/C7H12O5S/c8-6-4-13(11,12)2-1-5(6)3-7(9)10/h5-6,8H,1-4H2,(H,9,10)/t5-,6+/m1/s1. The monoisotopic (exact) mass is 208 g/mol. The summed E-state index contributed by atoms with van der Waals surface area (Å²) in [6.07, 6.45) is -0.929. The van der Waals surface area contributed by atoms with Crippen LogP contribution in [-0.4, -0.2) is 42.2 Å². The fourth-order valence-corrected chi connectivity index (χ4v) is 3.09. The Kier molecular flexibility index (Phi) is 2.92. The van der Waals surface area contributed by atoms with Crippen molar-refractivity contribution in [2.45, 2.75) is 18.9 Å². The maximum Gasteiger partial charge on any atom is 0.303 e. The Balaban J connectivity index is 2.59. The predicted molar refractivity (Wildman–Crippen MR) is 45.0 cm³/mol. The third kappa shape index (κ3) is 2.96. The van der Waals surface area contributed by atoms with Crippen molar-refractivity contribution in [3.8, 4) is 0 Å². The predicted octanol–water partition coefficient (Wildman–Crippen LogP) is -0.743. The summed E-state index contributed by atoms with van der Waals surface area (Å²) in [6, 6.07) is 0. The Hall–Kier alpha value is -0.620. The molecular weight excluding hydrogens is 196 g/mol. The van der Waals surface area contributed by atoms with Crippen LogP contribution in [-0.2, 0) is 14.6 Å². The van der Waals surface area contributed by atoms with Crippen molar-refractivity contribution in [2.75, 3.05) is 11.5 Å². The molecular formula is C7H12O5S. The van der Waals surface area contributed by atoms with Crippen LogP contribution in [0.3, 0.4) is 0 Å². The number of hydrogen-bond donors (Lipinski definition) is 2. The third-order valence-electron chi connectivity index (χ3n) is 2.21. The largest absolute Gasteiger partial charge is 0.481 e. The van der Waals surface area contributed by atoms with Gasteiger partial charge in [-0.15, -0.1) is 0 Å². The fraction of sp³-hybridized carbons (Fsp3) is 0.857. The molecule has 1 aliphatic heterocycles. The average Bonchev–Trinajstić information content (AvgIpc) is 1.93. The quantitative estimate of drug-likeness (QED) is 0.623. The molecule has 0 unspecified atom stereocenters. The Morgan fingerprint density at radius 2 is 2.08 bits per heavy atom. The van der Waals surface area contributed by atoms with Gasteiger partial charge in [0.15, 0.2) is 9.84 Å². The van der Waals surface area contributed by atoms with Crippen LogP contribution in [0.2, 0.25) is 0 Å². The van der Waals surface area contributed by atoms with Crippen molar-refractivity contribution in [3.63, 3.8) is 0 Å². The molecule has 1 aliphatic rings. The molecule has 2 N–H and O–H groups in total. The van der Waals surface area contributed by atoms with E-state index in [-0.39, 0.29) is 24.3 Å². The maximum atomic E-state index is 11.0. The zero-order valence-electron chi connectivity index (χ0n) is 7.01. The van der Waals surface area contributed by atoms with E-state index in [2.05, 4.69) is 0 Å². The number of carbonyl (C=O) groups is 1. The topological polar surface area (TPSA) is 91.7 Å². The first-order valence-electron chi connectivity index (χ1n) is 4.01. The molecule has 0 aliphatic carbocycles. The van der Waals surface area contributed by atoms with Gasteiger partial charge in [0, 0.05) is 0 Å². The number of hydrogen-bond acceptors (Lipinski definition) is 4. The number of aliphatic hydroxyl groups is 1. The molecule has 0 aromatic heterocycles. The fourth-order valence-electron chi connectivity index (χ4n) is 1.47. The summed E-state index contributed by atoms with van der Waals surface area (Å²) in [4.78, 5) is 10.3. The first-order chi connectivity index (χ1) is 5.91. The summed E-state index contributed by atoms with van der Waals surface area (Å²) in [5, 5.41) is 17.8. The summed E-state index contributed by atoms with van der Waals surface area (Å²) in [6.45, 7) is 0. The van der Waals surface area contributed by atoms with E-state index in [4.69, 9.17) is 5.11 Å². The minimum Gasteiger partial charge on any atom is -0.481 e. The van der Waals surface area contributed by atoms with Gasteiger partial charge in [-0.3, -0.25) is 4.79 Å². The maximum absolute atomic E-state index is 11.0. The average molecular weight is 208 g/mol. The van der Waals surface area contributed by atoms with Crippen molar-refractivity contribution >= 4 is 15.8 Å². The van der Waals surface area contributed by atoms with E-state index in [1.807, 2.05) is 0 Å². The molecule has 0 spiro atoms. The molecule has 0 aromatic carbocycles. The van der Waals surface area contributed by atoms with Gasteiger partial charge in [0.25, 0.3) is 0 Å². The SMILES string of the molecule is O=C(O)C[C@H]1CCS(=O)(=O)C[C@@H]1O. The van der Waals surface area contributed by atoms with E-state index in [9.17, 15) is 18.3 Å². The third-order valence-corrected chi connectivity index (χ3v) is 3.91. The second kappa shape index (κ2) is 3.63. The summed E-state index contributed by atoms with van der Waals surface area (Å²) in [5.74, 6) is -1.73. The zero-order valence-corrected chi connectivity index (χ0v) is 7.83. The first kappa shape index (κ1) is 10.5. The van der Waals surface area contributed by atoms with Crippen molar-refractivity contribution < 1.29 is 23.4 Å². The number of sulfone groups is 1. The van der Waals surface area contributed by atoms with E-state index >= 15 is 0 Å². The van der Waals surface area contributed by atoms with Gasteiger partial charge >= 0.3 is 5.97 Å². The highest BCUT2D eigenvalue weighted by Gasteiger charge is 2.32. The minimum atomic E-state index is -3.14. The molecule has 5 nitrogen and oxygen atoms in total. The van der Waals surface area contributed by atoms with Crippen molar-refractivity contribution in [3.05, 3.63) is 0 Å². The Labute approximate surface area is 76.3 Å². The second-order valence-electron chi connectivity index (χ2n) is 3.33. The summed E-state index contributed by atoms with van der Waals surface area (Å²) in [5.41, 5.74) is 0. The summed E-state index contributed by atoms with van der Waals surface area (Å²) in [7, 11) is -3.14. The zero-order chi connectivity index (χ0) is 10.1. The first-order valence-corrected chi connectivity index (χ1v) is 5.83. The van der Waals surface area contributed by atoms with Gasteiger partial charge in [-0.2, -0.15) is 0 Å². The Morgan fingerprint density at radius 3 is 2.54 bits per heavy atom. The van der Waals surface area contributed by atoms with Gasteiger partial charge < -0.3 is 10.2 Å². The van der Waals surface area contributed by atoms with Gasteiger partial charge in [0.1, 0.15) is 0 Å². The second-order valence-corrected chi connectivity index (χ2v) is 5.56. The lowest BCUT2D eigenvalue weighted by molar-refractivity contribution is -0.139. The summed E-state index contributed by atoms with van der Waals surface area (Å²) >= 11 is 0. The van der Waals surface area contributed by atoms with E-state index in [1.54, 1.807) is 0 Å². The molecule has 6 heteroatoms. The van der Waals surface area contributed by atoms with Crippen LogP contribution in [0.1, 0.15) is 12.8 Å². The van der Waals surface area contributed by atoms with E-state index in [0.29, 0.717) is 0 Å². The van der Waals surface area contributed by atoms with Crippen molar-refractivity contribution in [1.82, 2.24) is 0 Å². The molecule has 0 aromatic rings. The molecule has 1 fully saturated rings. The van der Waals surface area contributed by atoms with Gasteiger partial charge in [-0.1, -0.05) is 0 Å². The highest BCUT2D eigenvalue weighted by Crippen LogP contribution is 2.22. The normalized spacial score (nSPS) is 32.7. The van der Waals surface area contributed by atoms with Crippen molar-refractivity contribution in [2.24, 2.45) is 5.92 Å². The number of rotatable bonds is 2. The highest BCUT2D eigenvalue weighted by atomic mass is 32.2. The molecule has 13 heavy (non-hydrogen) atoms. The molecule has 2 atom stereocenters. The molecule has 1 heterocycles. The molecule has 0 saturated carbocycles. The number of carboxylic acids is 1. The van der Waals surface area contributed by atoms with Crippen LogP contribution >= 0.6 is 0 Å². The summed E-state index contributed by atoms with van der Waals surface area (Å²) < 4.78 is 22.0. The van der Waals surface area contributed by atoms with Crippen LogP contribution in [0, 0.1) is 5.92 Å². The Bertz CT molecular complexity index is 294. The van der Waals surface area contributed by atoms with Crippen LogP contribution in [0.15, 0.2) is 0 Å². The number of aliphatic carboxylic acids is 1. The number of aliphatic hydroxyl groups excluding tert-OH is 1. The van der Waals surface area contributed by atoms with E-state index < -0.39 is 27.8 Å². The van der Waals surface area contributed by atoms with Gasteiger partial charge in [-0.05, 0) is 12.3 Å². The molecule has 0 radical (unpaired) electrons. The molecule has 0 bridgehead atoms. The van der Waals surface area contributed by atoms with Crippen LogP contribution < -0.4 is 0 Å². The molecule has 1 saturated heterocycles. The number of carboxylic acid groups (broad SMARTS) is 1. The van der Waals surface area contributed by atoms with E-state index in [1.165, 1.54) is 0 Å². The van der Waals surface area contributed by atoms with Gasteiger partial charge in [-0.25, -0.2) is 8.42 Å². The Morgan fingerprint density at radius 1 is 1.46 bits per heavy atom. The lowest BCUT2D eigenvalue weighted by Crippen LogP contribution is -2.37. The molecule has 0 amide bonds. The molecule has 76 valence electrons. The lowest BCUT2D eigenvalue weighted by atomic mass is 9.96. The van der Waals surface area contributed by atoms with Crippen molar-refractivity contribution in [1.29, 1.82) is 0 Å². The van der Waals surface area contributed by atoms with Crippen LogP contribution in [0.5, 0.6) is 0 Å². The van der Waals surface area contributed by atoms with Gasteiger partial charge in [0.2, 0.25) is 0 Å². The van der Waals surface area contributed by atoms with Crippen LogP contribution in [0.4, 0.5) is 0 Å². The van der Waals surface area contributed by atoms with Gasteiger partial charge in [0.05, 0.1) is 24.0 Å². The molecule has 1 rings (SSSR count). The van der Waals surface area contributed by atoms with Crippen LogP contribution in [0.25, 0.3) is 0 Å². The van der Waals surface area contributed by atoms with E-state index in [0.717, 1.165) is 0 Å². The smallest absolute Gasteiger partial charge is 0.303 e.